The number of rotatable bonds is 6. The van der Waals surface area contributed by atoms with Crippen LogP contribution in [0.5, 0.6) is 0 Å². The van der Waals surface area contributed by atoms with E-state index >= 15 is 0 Å². The monoisotopic (exact) mass is 490 g/mol. The summed E-state index contributed by atoms with van der Waals surface area (Å²) < 4.78 is 7.26. The maximum Gasteiger partial charge on any atom is 0.338 e. The van der Waals surface area contributed by atoms with E-state index in [-0.39, 0.29) is 34.5 Å². The smallest absolute Gasteiger partial charge is 0.338 e. The molecule has 0 N–H and O–H groups in total. The van der Waals surface area contributed by atoms with E-state index in [0.717, 1.165) is 43.1 Å². The summed E-state index contributed by atoms with van der Waals surface area (Å²) in [5.41, 5.74) is -0.0586. The van der Waals surface area contributed by atoms with Crippen LogP contribution < -0.4 is 11.2 Å². The second-order valence-corrected chi connectivity index (χ2v) is 9.55. The van der Waals surface area contributed by atoms with E-state index < -0.39 is 23.8 Å². The molecule has 188 valence electrons. The number of methoxy groups -OCH3 is 1. The molecule has 1 saturated heterocycles. The first-order chi connectivity index (χ1) is 17.4. The SMILES string of the molecule is CC[C@H]1CCCCN1C(=O)Cn1c(=O)c2c(C(=O)OC)cc(C3CC3)nc2n(-c2ccccc2)c1=O. The normalized spacial score (nSPS) is 17.8. The van der Waals surface area contributed by atoms with E-state index in [0.29, 0.717) is 17.9 Å². The fourth-order valence-electron chi connectivity index (χ4n) is 5.14. The Kier molecular flexibility index (Phi) is 6.47. The number of hydrogen-bond donors (Lipinski definition) is 0. The summed E-state index contributed by atoms with van der Waals surface area (Å²) in [6, 6.07) is 10.5. The lowest BCUT2D eigenvalue weighted by molar-refractivity contribution is -0.135. The minimum Gasteiger partial charge on any atom is -0.465 e. The van der Waals surface area contributed by atoms with E-state index in [1.807, 2.05) is 13.0 Å². The molecule has 3 aromatic rings. The zero-order valence-electron chi connectivity index (χ0n) is 20.6. The standard InChI is InChI=1S/C27H30N4O5/c1-3-18-9-7-8-14-29(18)22(32)16-30-25(33)23-20(26(34)36-2)15-21(17-12-13-17)28-24(23)31(27(30)35)19-10-5-4-6-11-19/h4-6,10-11,15,17-18H,3,7-9,12-14,16H2,1-2H3/t18-/m0/s1. The zero-order chi connectivity index (χ0) is 25.4. The van der Waals surface area contributed by atoms with Crippen LogP contribution in [0.15, 0.2) is 46.0 Å². The van der Waals surface area contributed by atoms with Gasteiger partial charge in [-0.2, -0.15) is 0 Å². The van der Waals surface area contributed by atoms with Gasteiger partial charge in [0.25, 0.3) is 5.56 Å². The Labute approximate surface area is 208 Å². The Hall–Kier alpha value is -3.75. The lowest BCUT2D eigenvalue weighted by atomic mass is 10.00. The van der Waals surface area contributed by atoms with Gasteiger partial charge in [-0.05, 0) is 56.7 Å². The molecular formula is C27H30N4O5. The van der Waals surface area contributed by atoms with Gasteiger partial charge >= 0.3 is 11.7 Å². The number of piperidine rings is 1. The third kappa shape index (κ3) is 4.23. The topological polar surface area (TPSA) is 104 Å². The number of pyridine rings is 1. The van der Waals surface area contributed by atoms with Gasteiger partial charge in [-0.1, -0.05) is 25.1 Å². The maximum absolute atomic E-state index is 13.8. The molecule has 1 saturated carbocycles. The summed E-state index contributed by atoms with van der Waals surface area (Å²) >= 11 is 0. The Morgan fingerprint density at radius 3 is 2.50 bits per heavy atom. The van der Waals surface area contributed by atoms with Crippen molar-refractivity contribution in [3.05, 3.63) is 68.5 Å². The summed E-state index contributed by atoms with van der Waals surface area (Å²) in [6.45, 7) is 2.24. The molecule has 36 heavy (non-hydrogen) atoms. The van der Waals surface area contributed by atoms with Crippen molar-refractivity contribution in [2.45, 2.75) is 64.0 Å². The number of carbonyl (C=O) groups excluding carboxylic acids is 2. The minimum atomic E-state index is -0.712. The summed E-state index contributed by atoms with van der Waals surface area (Å²) in [6.07, 6.45) is 5.51. The van der Waals surface area contributed by atoms with Crippen LogP contribution in [0.1, 0.15) is 67.4 Å². The highest BCUT2D eigenvalue weighted by molar-refractivity contribution is 6.02. The number of amides is 1. The predicted octanol–water partition coefficient (Wildman–Crippen LogP) is 3.00. The molecule has 9 nitrogen and oxygen atoms in total. The average Bonchev–Trinajstić information content (AvgIpc) is 3.76. The number of hydrogen-bond acceptors (Lipinski definition) is 6. The first-order valence-corrected chi connectivity index (χ1v) is 12.6. The molecule has 2 fully saturated rings. The average molecular weight is 491 g/mol. The van der Waals surface area contributed by atoms with Gasteiger partial charge in [0.1, 0.15) is 6.54 Å². The maximum atomic E-state index is 13.8. The van der Waals surface area contributed by atoms with Gasteiger partial charge < -0.3 is 9.64 Å². The minimum absolute atomic E-state index is 0.0202. The highest BCUT2D eigenvalue weighted by Crippen LogP contribution is 2.40. The Balaban J connectivity index is 1.76. The van der Waals surface area contributed by atoms with Crippen LogP contribution >= 0.6 is 0 Å². The number of aromatic nitrogens is 3. The van der Waals surface area contributed by atoms with Crippen molar-refractivity contribution in [2.24, 2.45) is 0 Å². The first kappa shape index (κ1) is 24.0. The van der Waals surface area contributed by atoms with Gasteiger partial charge in [-0.3, -0.25) is 9.59 Å². The number of likely N-dealkylation sites (tertiary alicyclic amines) is 1. The fourth-order valence-corrected chi connectivity index (χ4v) is 5.14. The van der Waals surface area contributed by atoms with Gasteiger partial charge in [0, 0.05) is 24.2 Å². The van der Waals surface area contributed by atoms with Crippen molar-refractivity contribution in [1.82, 2.24) is 19.0 Å². The number of carbonyl (C=O) groups is 2. The quantitative estimate of drug-likeness (QED) is 0.492. The van der Waals surface area contributed by atoms with Crippen LogP contribution in [0.2, 0.25) is 0 Å². The molecule has 0 unspecified atom stereocenters. The zero-order valence-corrected chi connectivity index (χ0v) is 20.6. The highest BCUT2D eigenvalue weighted by Gasteiger charge is 2.31. The molecule has 1 aliphatic heterocycles. The highest BCUT2D eigenvalue weighted by atomic mass is 16.5. The third-order valence-electron chi connectivity index (χ3n) is 7.24. The molecule has 0 radical (unpaired) electrons. The molecule has 2 aromatic heterocycles. The molecule has 1 aliphatic carbocycles. The second-order valence-electron chi connectivity index (χ2n) is 9.55. The van der Waals surface area contributed by atoms with Gasteiger partial charge in [0.15, 0.2) is 5.65 Å². The molecule has 0 spiro atoms. The molecule has 1 atom stereocenters. The van der Waals surface area contributed by atoms with Crippen LogP contribution in [0.3, 0.4) is 0 Å². The van der Waals surface area contributed by atoms with Crippen molar-refractivity contribution in [1.29, 1.82) is 0 Å². The first-order valence-electron chi connectivity index (χ1n) is 12.6. The lowest BCUT2D eigenvalue weighted by Gasteiger charge is -2.35. The van der Waals surface area contributed by atoms with Gasteiger partial charge in [0.2, 0.25) is 5.91 Å². The van der Waals surface area contributed by atoms with E-state index in [2.05, 4.69) is 0 Å². The number of fused-ring (bicyclic) bond motifs is 1. The van der Waals surface area contributed by atoms with Crippen molar-refractivity contribution >= 4 is 22.9 Å². The number of ether oxygens (including phenoxy) is 1. The molecular weight excluding hydrogens is 460 g/mol. The van der Waals surface area contributed by atoms with Crippen LogP contribution in [0.4, 0.5) is 0 Å². The van der Waals surface area contributed by atoms with Crippen molar-refractivity contribution in [2.75, 3.05) is 13.7 Å². The van der Waals surface area contributed by atoms with Crippen molar-refractivity contribution in [3.63, 3.8) is 0 Å². The third-order valence-corrected chi connectivity index (χ3v) is 7.24. The molecule has 1 amide bonds. The van der Waals surface area contributed by atoms with Gasteiger partial charge in [-0.25, -0.2) is 23.7 Å². The molecule has 3 heterocycles. The summed E-state index contributed by atoms with van der Waals surface area (Å²) in [4.78, 5) is 60.2. The summed E-state index contributed by atoms with van der Waals surface area (Å²) in [5.74, 6) is -0.785. The number of nitrogens with zero attached hydrogens (tertiary/aromatic N) is 4. The molecule has 9 heteroatoms. The molecule has 5 rings (SSSR count). The van der Waals surface area contributed by atoms with E-state index in [4.69, 9.17) is 9.72 Å². The largest absolute Gasteiger partial charge is 0.465 e. The lowest BCUT2D eigenvalue weighted by Crippen LogP contribution is -2.49. The number of para-hydroxylation sites is 1. The van der Waals surface area contributed by atoms with Crippen molar-refractivity contribution < 1.29 is 14.3 Å². The second kappa shape index (κ2) is 9.72. The molecule has 0 bridgehead atoms. The van der Waals surface area contributed by atoms with Crippen LogP contribution in [0, 0.1) is 0 Å². The van der Waals surface area contributed by atoms with Gasteiger partial charge in [-0.15, -0.1) is 0 Å². The van der Waals surface area contributed by atoms with Gasteiger partial charge in [0.05, 0.1) is 23.7 Å². The van der Waals surface area contributed by atoms with E-state index in [1.54, 1.807) is 35.2 Å². The fraction of sp³-hybridized carbons (Fsp3) is 0.444. The number of esters is 1. The van der Waals surface area contributed by atoms with Crippen molar-refractivity contribution in [3.8, 4) is 5.69 Å². The molecule has 1 aromatic carbocycles. The van der Waals surface area contributed by atoms with Crippen LogP contribution in [0.25, 0.3) is 16.7 Å². The summed E-state index contributed by atoms with van der Waals surface area (Å²) in [5, 5.41) is -0.0202. The Morgan fingerprint density at radius 2 is 1.83 bits per heavy atom. The Morgan fingerprint density at radius 1 is 1.08 bits per heavy atom. The van der Waals surface area contributed by atoms with E-state index in [1.165, 1.54) is 11.7 Å². The van der Waals surface area contributed by atoms with Crippen LogP contribution in [-0.2, 0) is 16.1 Å². The van der Waals surface area contributed by atoms with E-state index in [9.17, 15) is 19.2 Å². The van der Waals surface area contributed by atoms with Crippen LogP contribution in [-0.4, -0.2) is 50.6 Å². The summed E-state index contributed by atoms with van der Waals surface area (Å²) in [7, 11) is 1.25. The number of benzene rings is 1. The molecule has 2 aliphatic rings. The Bertz CT molecular complexity index is 1440. The predicted molar refractivity (Wildman–Crippen MR) is 135 cm³/mol.